The van der Waals surface area contributed by atoms with Gasteiger partial charge in [-0.05, 0) is 48.5 Å². The molecule has 3 aromatic carbocycles. The summed E-state index contributed by atoms with van der Waals surface area (Å²) in [7, 11) is 0. The summed E-state index contributed by atoms with van der Waals surface area (Å²) in [6.07, 6.45) is 0.181. The number of fused-ring (bicyclic) bond motifs is 1. The van der Waals surface area contributed by atoms with Crippen LogP contribution in [0.2, 0.25) is 5.02 Å². The number of anilines is 2. The smallest absolute Gasteiger partial charge is 0.417 e. The van der Waals surface area contributed by atoms with E-state index in [1.165, 1.54) is 22.9 Å². The maximum Gasteiger partial charge on any atom is 0.417 e. The standard InChI is InChI=1S/C25H15ClF4N6O2/c26-18-5-2-14(10-17(18)25(28,29)30)33-24(37)34-15-3-6-19(27)22(11-15)38-16-4-7-20-21(12-16)35-23(13-31-20)36-9-1-8-32-36/h1-13H,(H2,33,34,37). The van der Waals surface area contributed by atoms with Crippen molar-refractivity contribution in [2.75, 3.05) is 10.6 Å². The average molecular weight is 543 g/mol. The molecule has 0 spiro atoms. The van der Waals surface area contributed by atoms with Crippen LogP contribution in [0.25, 0.3) is 16.9 Å². The zero-order valence-corrected chi connectivity index (χ0v) is 19.8. The molecule has 0 radical (unpaired) electrons. The van der Waals surface area contributed by atoms with Crippen molar-refractivity contribution in [1.82, 2.24) is 19.7 Å². The van der Waals surface area contributed by atoms with E-state index in [4.69, 9.17) is 16.3 Å². The highest BCUT2D eigenvalue weighted by molar-refractivity contribution is 6.31. The first kappa shape index (κ1) is 25.0. The number of ether oxygens (including phenoxy) is 1. The third-order valence-corrected chi connectivity index (χ3v) is 5.52. The number of nitrogens with one attached hydrogen (secondary N) is 2. The minimum Gasteiger partial charge on any atom is -0.454 e. The van der Waals surface area contributed by atoms with Crippen LogP contribution in [-0.2, 0) is 6.18 Å². The number of carbonyl (C=O) groups is 1. The Hall–Kier alpha value is -4.71. The first-order chi connectivity index (χ1) is 18.2. The van der Waals surface area contributed by atoms with Crippen molar-refractivity contribution < 1.29 is 27.1 Å². The van der Waals surface area contributed by atoms with Gasteiger partial charge in [-0.25, -0.2) is 18.9 Å². The van der Waals surface area contributed by atoms with Crippen LogP contribution < -0.4 is 15.4 Å². The SMILES string of the molecule is O=C(Nc1ccc(F)c(Oc2ccc3ncc(-n4cccn4)nc3c2)c1)Nc1ccc(Cl)c(C(F)(F)F)c1. The third-order valence-electron chi connectivity index (χ3n) is 5.19. The number of urea groups is 1. The molecule has 0 unspecified atom stereocenters. The summed E-state index contributed by atoms with van der Waals surface area (Å²) >= 11 is 5.60. The Balaban J connectivity index is 1.32. The van der Waals surface area contributed by atoms with E-state index < -0.39 is 28.6 Å². The predicted octanol–water partition coefficient (Wildman–Crippen LogP) is 7.06. The van der Waals surface area contributed by atoms with Gasteiger partial charge >= 0.3 is 12.2 Å². The highest BCUT2D eigenvalue weighted by Crippen LogP contribution is 2.36. The number of benzene rings is 3. The number of hydrogen-bond acceptors (Lipinski definition) is 5. The van der Waals surface area contributed by atoms with Gasteiger partial charge in [-0.15, -0.1) is 0 Å². The molecule has 8 nitrogen and oxygen atoms in total. The van der Waals surface area contributed by atoms with Crippen LogP contribution in [0.4, 0.5) is 33.7 Å². The Morgan fingerprint density at radius 1 is 0.974 bits per heavy atom. The molecule has 192 valence electrons. The summed E-state index contributed by atoms with van der Waals surface area (Å²) in [5.41, 5.74) is -0.0382. The molecule has 0 atom stereocenters. The fraction of sp³-hybridized carbons (Fsp3) is 0.0400. The lowest BCUT2D eigenvalue weighted by Crippen LogP contribution is -2.20. The fourth-order valence-corrected chi connectivity index (χ4v) is 3.68. The first-order valence-corrected chi connectivity index (χ1v) is 11.2. The first-order valence-electron chi connectivity index (χ1n) is 10.8. The third kappa shape index (κ3) is 5.49. The number of rotatable bonds is 5. The van der Waals surface area contributed by atoms with Gasteiger partial charge in [0.25, 0.3) is 0 Å². The van der Waals surface area contributed by atoms with Crippen molar-refractivity contribution in [3.05, 3.63) is 95.7 Å². The number of carbonyl (C=O) groups excluding carboxylic acids is 1. The predicted molar refractivity (Wildman–Crippen MR) is 132 cm³/mol. The van der Waals surface area contributed by atoms with Gasteiger partial charge in [-0.1, -0.05) is 11.6 Å². The minimum atomic E-state index is -4.69. The molecule has 0 bridgehead atoms. The van der Waals surface area contributed by atoms with Gasteiger partial charge in [0.15, 0.2) is 17.4 Å². The van der Waals surface area contributed by atoms with Crippen molar-refractivity contribution in [3.63, 3.8) is 0 Å². The Morgan fingerprint density at radius 3 is 2.47 bits per heavy atom. The van der Waals surface area contributed by atoms with E-state index in [-0.39, 0.29) is 22.9 Å². The van der Waals surface area contributed by atoms with E-state index >= 15 is 0 Å². The number of alkyl halides is 3. The summed E-state index contributed by atoms with van der Waals surface area (Å²) in [6, 6.07) is 12.2. The molecule has 2 amide bonds. The monoisotopic (exact) mass is 542 g/mol. The Kier molecular flexibility index (Phi) is 6.55. The minimum absolute atomic E-state index is 0.130. The lowest BCUT2D eigenvalue weighted by Gasteiger charge is -2.13. The van der Waals surface area contributed by atoms with Crippen molar-refractivity contribution in [3.8, 4) is 17.3 Å². The topological polar surface area (TPSA) is 94.0 Å². The Morgan fingerprint density at radius 2 is 1.74 bits per heavy atom. The number of hydrogen-bond donors (Lipinski definition) is 2. The van der Waals surface area contributed by atoms with Crippen LogP contribution in [0.15, 0.2) is 79.3 Å². The van der Waals surface area contributed by atoms with E-state index in [0.717, 1.165) is 12.1 Å². The summed E-state index contributed by atoms with van der Waals surface area (Å²) in [6.45, 7) is 0. The maximum atomic E-state index is 14.5. The van der Waals surface area contributed by atoms with Crippen LogP contribution >= 0.6 is 11.6 Å². The van der Waals surface area contributed by atoms with Gasteiger partial charge in [0.2, 0.25) is 0 Å². The van der Waals surface area contributed by atoms with Crippen LogP contribution in [0.1, 0.15) is 5.56 Å². The summed E-state index contributed by atoms with van der Waals surface area (Å²) in [5, 5.41) is 8.32. The van der Waals surface area contributed by atoms with Crippen molar-refractivity contribution >= 4 is 40.0 Å². The molecular formula is C25H15ClF4N6O2. The van der Waals surface area contributed by atoms with E-state index in [1.54, 1.807) is 42.9 Å². The zero-order valence-electron chi connectivity index (χ0n) is 19.0. The van der Waals surface area contributed by atoms with Gasteiger partial charge in [0.1, 0.15) is 5.75 Å². The molecule has 0 aliphatic carbocycles. The summed E-state index contributed by atoms with van der Waals surface area (Å²) < 4.78 is 60.9. The van der Waals surface area contributed by atoms with Gasteiger partial charge < -0.3 is 15.4 Å². The van der Waals surface area contributed by atoms with Crippen molar-refractivity contribution in [2.24, 2.45) is 0 Å². The Bertz CT molecular complexity index is 1640. The zero-order chi connectivity index (χ0) is 26.9. The lowest BCUT2D eigenvalue weighted by atomic mass is 10.2. The second-order valence-electron chi connectivity index (χ2n) is 7.85. The van der Waals surface area contributed by atoms with Gasteiger partial charge in [-0.3, -0.25) is 4.98 Å². The van der Waals surface area contributed by atoms with Gasteiger partial charge in [-0.2, -0.15) is 18.3 Å². The van der Waals surface area contributed by atoms with Crippen molar-refractivity contribution in [2.45, 2.75) is 6.18 Å². The molecule has 2 heterocycles. The van der Waals surface area contributed by atoms with Crippen molar-refractivity contribution in [1.29, 1.82) is 0 Å². The largest absolute Gasteiger partial charge is 0.454 e. The number of aromatic nitrogens is 4. The van der Waals surface area contributed by atoms with Crippen LogP contribution in [-0.4, -0.2) is 25.8 Å². The molecule has 13 heteroatoms. The molecular weight excluding hydrogens is 528 g/mol. The van der Waals surface area contributed by atoms with E-state index in [1.807, 2.05) is 0 Å². The summed E-state index contributed by atoms with van der Waals surface area (Å²) in [4.78, 5) is 21.2. The number of amides is 2. The molecule has 0 saturated carbocycles. The van der Waals surface area contributed by atoms with E-state index in [0.29, 0.717) is 22.9 Å². The molecule has 38 heavy (non-hydrogen) atoms. The van der Waals surface area contributed by atoms with Crippen LogP contribution in [0.5, 0.6) is 11.5 Å². The maximum absolute atomic E-state index is 14.5. The lowest BCUT2D eigenvalue weighted by molar-refractivity contribution is -0.137. The van der Waals surface area contributed by atoms with Gasteiger partial charge in [0, 0.05) is 35.9 Å². The molecule has 5 aromatic rings. The van der Waals surface area contributed by atoms with Crippen LogP contribution in [0.3, 0.4) is 0 Å². The van der Waals surface area contributed by atoms with E-state index in [9.17, 15) is 22.4 Å². The van der Waals surface area contributed by atoms with Crippen LogP contribution in [0, 0.1) is 5.82 Å². The molecule has 2 aromatic heterocycles. The quantitative estimate of drug-likeness (QED) is 0.232. The number of nitrogens with zero attached hydrogens (tertiary/aromatic N) is 4. The number of halogens is 5. The van der Waals surface area contributed by atoms with Gasteiger partial charge in [0.05, 0.1) is 27.8 Å². The normalized spacial score (nSPS) is 11.4. The Labute approximate surface area is 216 Å². The highest BCUT2D eigenvalue weighted by atomic mass is 35.5. The average Bonchev–Trinajstić information content (AvgIpc) is 3.41. The molecule has 0 aliphatic heterocycles. The highest BCUT2D eigenvalue weighted by Gasteiger charge is 2.33. The fourth-order valence-electron chi connectivity index (χ4n) is 3.46. The second kappa shape index (κ2) is 9.98. The second-order valence-corrected chi connectivity index (χ2v) is 8.26. The molecule has 2 N–H and O–H groups in total. The van der Waals surface area contributed by atoms with E-state index in [2.05, 4.69) is 25.7 Å². The molecule has 0 saturated heterocycles. The summed E-state index contributed by atoms with van der Waals surface area (Å²) in [5.74, 6) is -0.180. The molecule has 5 rings (SSSR count). The molecule has 0 aliphatic rings. The molecule has 0 fully saturated rings.